The topological polar surface area (TPSA) is 59.1 Å². The van der Waals surface area contributed by atoms with Crippen LogP contribution in [0, 0.1) is 0 Å². The lowest BCUT2D eigenvalue weighted by molar-refractivity contribution is 0.0569. The van der Waals surface area contributed by atoms with Crippen LogP contribution in [0.2, 0.25) is 0 Å². The lowest BCUT2D eigenvalue weighted by atomic mass is 9.89. The molecule has 0 aliphatic rings. The Bertz CT molecular complexity index is 555. The molecule has 1 aromatic carbocycles. The molecule has 1 atom stereocenters. The summed E-state index contributed by atoms with van der Waals surface area (Å²) in [4.78, 5) is 4.04. The van der Waals surface area contributed by atoms with Gasteiger partial charge in [0.15, 0.2) is 0 Å². The molecule has 1 heterocycles. The number of nitrogens with zero attached hydrogens (tertiary/aromatic N) is 1. The molecule has 0 radical (unpaired) electrons. The maximum absolute atomic E-state index is 10.6. The fourth-order valence-corrected chi connectivity index (χ4v) is 2.66. The summed E-state index contributed by atoms with van der Waals surface area (Å²) in [6.45, 7) is 1.78. The summed E-state index contributed by atoms with van der Waals surface area (Å²) >= 11 is 3.46. The van der Waals surface area contributed by atoms with Gasteiger partial charge in [0, 0.05) is 29.0 Å². The number of anilines is 1. The van der Waals surface area contributed by atoms with Crippen molar-refractivity contribution in [2.75, 3.05) is 5.73 Å². The number of nitrogens with two attached hydrogens (primary N) is 1. The number of aliphatic hydroxyl groups is 1. The van der Waals surface area contributed by atoms with Crippen molar-refractivity contribution in [1.29, 1.82) is 0 Å². The van der Waals surface area contributed by atoms with Crippen LogP contribution in [0.5, 0.6) is 0 Å². The highest BCUT2D eigenvalue weighted by Crippen LogP contribution is 2.32. The van der Waals surface area contributed by atoms with Gasteiger partial charge in [0.2, 0.25) is 0 Å². The zero-order chi connectivity index (χ0) is 13.2. The first-order valence-electron chi connectivity index (χ1n) is 5.66. The minimum absolute atomic E-state index is 0.426. The molecular formula is C14H15BrN2O. The van der Waals surface area contributed by atoms with E-state index in [0.717, 1.165) is 15.6 Å². The predicted molar refractivity (Wildman–Crippen MR) is 76.1 cm³/mol. The molecule has 0 saturated heterocycles. The normalized spacial score (nSPS) is 14.2. The highest BCUT2D eigenvalue weighted by atomic mass is 79.9. The molecule has 0 bridgehead atoms. The molecule has 0 saturated carbocycles. The van der Waals surface area contributed by atoms with Crippen molar-refractivity contribution in [3.63, 3.8) is 0 Å². The average Bonchev–Trinajstić information content (AvgIpc) is 2.32. The first-order valence-corrected chi connectivity index (χ1v) is 6.46. The second-order valence-electron chi connectivity index (χ2n) is 4.50. The lowest BCUT2D eigenvalue weighted by Gasteiger charge is -2.25. The minimum atomic E-state index is -0.989. The van der Waals surface area contributed by atoms with Crippen molar-refractivity contribution < 1.29 is 5.11 Å². The Balaban J connectivity index is 2.33. The van der Waals surface area contributed by atoms with Gasteiger partial charge in [-0.15, -0.1) is 0 Å². The third-order valence-corrected chi connectivity index (χ3v) is 3.62. The quantitative estimate of drug-likeness (QED) is 0.916. The van der Waals surface area contributed by atoms with Crippen molar-refractivity contribution >= 4 is 21.6 Å². The van der Waals surface area contributed by atoms with Gasteiger partial charge in [0.25, 0.3) is 0 Å². The fourth-order valence-electron chi connectivity index (χ4n) is 1.95. The van der Waals surface area contributed by atoms with Crippen LogP contribution in [-0.2, 0) is 12.0 Å². The van der Waals surface area contributed by atoms with Gasteiger partial charge >= 0.3 is 0 Å². The lowest BCUT2D eigenvalue weighted by Crippen LogP contribution is -2.25. The third kappa shape index (κ3) is 2.71. The van der Waals surface area contributed by atoms with Crippen LogP contribution >= 0.6 is 15.9 Å². The van der Waals surface area contributed by atoms with E-state index in [-0.39, 0.29) is 0 Å². The Hall–Kier alpha value is -1.39. The molecule has 2 aromatic rings. The van der Waals surface area contributed by atoms with E-state index in [4.69, 9.17) is 5.73 Å². The van der Waals surface area contributed by atoms with Gasteiger partial charge in [-0.2, -0.15) is 0 Å². The van der Waals surface area contributed by atoms with Crippen molar-refractivity contribution in [3.05, 3.63) is 58.3 Å². The molecule has 0 amide bonds. The second kappa shape index (κ2) is 5.08. The van der Waals surface area contributed by atoms with E-state index in [1.165, 1.54) is 0 Å². The second-order valence-corrected chi connectivity index (χ2v) is 5.36. The number of hydrogen-bond donors (Lipinski definition) is 2. The molecule has 94 valence electrons. The summed E-state index contributed by atoms with van der Waals surface area (Å²) in [5, 5.41) is 10.6. The number of aromatic nitrogens is 1. The first-order chi connectivity index (χ1) is 8.50. The average molecular weight is 307 g/mol. The molecule has 1 unspecified atom stereocenters. The molecule has 2 rings (SSSR count). The maximum atomic E-state index is 10.6. The predicted octanol–water partition coefficient (Wildman–Crippen LogP) is 2.88. The Kier molecular flexibility index (Phi) is 3.68. The van der Waals surface area contributed by atoms with Crippen LogP contribution in [0.15, 0.2) is 47.2 Å². The van der Waals surface area contributed by atoms with Crippen LogP contribution in [-0.4, -0.2) is 10.1 Å². The van der Waals surface area contributed by atoms with Crippen molar-refractivity contribution in [1.82, 2.24) is 4.98 Å². The van der Waals surface area contributed by atoms with Gasteiger partial charge in [-0.3, -0.25) is 4.98 Å². The smallest absolute Gasteiger partial charge is 0.0920 e. The van der Waals surface area contributed by atoms with Gasteiger partial charge < -0.3 is 10.8 Å². The standard InChI is InChI=1S/C14H15BrN2O/c1-14(18,11-4-2-3-5-12(11)15)8-10-9-17-7-6-13(10)16/h2-7,9,18H,8H2,1H3,(H2,16,17). The van der Waals surface area contributed by atoms with Gasteiger partial charge in [-0.25, -0.2) is 0 Å². The largest absolute Gasteiger partial charge is 0.398 e. The highest BCUT2D eigenvalue weighted by Gasteiger charge is 2.26. The van der Waals surface area contributed by atoms with E-state index >= 15 is 0 Å². The first kappa shape index (κ1) is 13.1. The van der Waals surface area contributed by atoms with Crippen LogP contribution in [0.25, 0.3) is 0 Å². The number of hydrogen-bond acceptors (Lipinski definition) is 3. The molecule has 4 heteroatoms. The van der Waals surface area contributed by atoms with Crippen molar-refractivity contribution in [2.24, 2.45) is 0 Å². The molecule has 0 aliphatic carbocycles. The van der Waals surface area contributed by atoms with E-state index in [2.05, 4.69) is 20.9 Å². The Morgan fingerprint density at radius 3 is 2.72 bits per heavy atom. The van der Waals surface area contributed by atoms with Crippen LogP contribution in [0.3, 0.4) is 0 Å². The summed E-state index contributed by atoms with van der Waals surface area (Å²) in [5.41, 5.74) is 7.23. The van der Waals surface area contributed by atoms with E-state index in [0.29, 0.717) is 12.1 Å². The van der Waals surface area contributed by atoms with E-state index in [1.807, 2.05) is 24.3 Å². The minimum Gasteiger partial charge on any atom is -0.398 e. The van der Waals surface area contributed by atoms with Gasteiger partial charge in [-0.05, 0) is 30.2 Å². The molecule has 18 heavy (non-hydrogen) atoms. The zero-order valence-electron chi connectivity index (χ0n) is 10.1. The third-order valence-electron chi connectivity index (χ3n) is 2.93. The van der Waals surface area contributed by atoms with E-state index in [1.54, 1.807) is 25.4 Å². The molecule has 3 nitrogen and oxygen atoms in total. The van der Waals surface area contributed by atoms with Crippen LogP contribution in [0.4, 0.5) is 5.69 Å². The number of pyridine rings is 1. The maximum Gasteiger partial charge on any atom is 0.0920 e. The Morgan fingerprint density at radius 2 is 2.06 bits per heavy atom. The highest BCUT2D eigenvalue weighted by molar-refractivity contribution is 9.10. The van der Waals surface area contributed by atoms with Gasteiger partial charge in [-0.1, -0.05) is 34.1 Å². The number of halogens is 1. The van der Waals surface area contributed by atoms with Crippen molar-refractivity contribution in [2.45, 2.75) is 18.9 Å². The van der Waals surface area contributed by atoms with Gasteiger partial charge in [0.05, 0.1) is 5.60 Å². The summed E-state index contributed by atoms with van der Waals surface area (Å²) in [6, 6.07) is 9.38. The SMILES string of the molecule is CC(O)(Cc1cnccc1N)c1ccccc1Br. The Labute approximate surface area is 115 Å². The monoisotopic (exact) mass is 306 g/mol. The van der Waals surface area contributed by atoms with Crippen LogP contribution in [0.1, 0.15) is 18.1 Å². The number of rotatable bonds is 3. The number of nitrogen functional groups attached to an aromatic ring is 1. The molecule has 3 N–H and O–H groups in total. The van der Waals surface area contributed by atoms with Gasteiger partial charge in [0.1, 0.15) is 0 Å². The molecule has 0 aliphatic heterocycles. The zero-order valence-corrected chi connectivity index (χ0v) is 11.7. The van der Waals surface area contributed by atoms with E-state index < -0.39 is 5.60 Å². The summed E-state index contributed by atoms with van der Waals surface area (Å²) in [6.07, 6.45) is 3.77. The molecule has 0 spiro atoms. The van der Waals surface area contributed by atoms with Crippen molar-refractivity contribution in [3.8, 4) is 0 Å². The number of benzene rings is 1. The van der Waals surface area contributed by atoms with E-state index in [9.17, 15) is 5.11 Å². The molecule has 0 fully saturated rings. The summed E-state index contributed by atoms with van der Waals surface area (Å²) < 4.78 is 0.887. The fraction of sp³-hybridized carbons (Fsp3) is 0.214. The molecular weight excluding hydrogens is 292 g/mol. The van der Waals surface area contributed by atoms with Crippen LogP contribution < -0.4 is 5.73 Å². The Morgan fingerprint density at radius 1 is 1.33 bits per heavy atom. The summed E-state index contributed by atoms with van der Waals surface area (Å²) in [7, 11) is 0. The molecule has 1 aromatic heterocycles. The summed E-state index contributed by atoms with van der Waals surface area (Å²) in [5.74, 6) is 0.